The standard InChI is InChI=1S/C30H26O12.C15H14O7.C15H14O6/c31-13-7-20(37)24-23(8-13)41-29(12-2-4-16(33)19(36)6-12)27(40)26(24)25-21(38)10-17(34)14-9-22(39)28(42-30(14)25)11-1-3-15(32)18(35)5-11;16-7-3-9(17)8-5-12(20)15(22-13(8)4-7)6-1-10(18)14(21)11(19)2-6;16-8-4-11(18)9-6-13(20)15(21-14(9)5-8)7-1-2-10(17)12(19)3-7/h1-8,10,22,26-29,31-40H,9H2;1-4,12,15-21H,5H2;1-5,13,15-20H,6H2/t22-,26-,27-,28-,29-;12-,15+;13-,15-/m101/s1. The Balaban J connectivity index is 0.000000157. The molecule has 0 aliphatic carbocycles. The van der Waals surface area contributed by atoms with Gasteiger partial charge in [-0.3, -0.25) is 0 Å². The van der Waals surface area contributed by atoms with Gasteiger partial charge in [-0.1, -0.05) is 18.2 Å². The Labute approximate surface area is 478 Å². The van der Waals surface area contributed by atoms with E-state index in [9.17, 15) is 107 Å². The summed E-state index contributed by atoms with van der Waals surface area (Å²) in [7, 11) is 0. The molecule has 4 aliphatic heterocycles. The fraction of sp³-hybridized carbons (Fsp3) is 0.200. The van der Waals surface area contributed by atoms with Crippen molar-refractivity contribution in [3.63, 3.8) is 0 Å². The van der Waals surface area contributed by atoms with Gasteiger partial charge in [0.15, 0.2) is 64.0 Å². The summed E-state index contributed by atoms with van der Waals surface area (Å²) in [4.78, 5) is 0. The number of rotatable bonds is 5. The summed E-state index contributed by atoms with van der Waals surface area (Å²) < 4.78 is 23.3. The van der Waals surface area contributed by atoms with E-state index in [4.69, 9.17) is 18.9 Å². The van der Waals surface area contributed by atoms with E-state index in [0.29, 0.717) is 16.7 Å². The molecule has 21 N–H and O–H groups in total. The molecule has 4 aliphatic rings. The third-order valence-electron chi connectivity index (χ3n) is 14.8. The summed E-state index contributed by atoms with van der Waals surface area (Å²) in [6, 6.07) is 22.2. The van der Waals surface area contributed by atoms with Crippen molar-refractivity contribution in [2.24, 2.45) is 0 Å². The maximum absolute atomic E-state index is 11.8. The third-order valence-corrected chi connectivity index (χ3v) is 14.8. The van der Waals surface area contributed by atoms with E-state index < -0.39 is 112 Å². The van der Waals surface area contributed by atoms with Crippen LogP contribution in [0.3, 0.4) is 0 Å². The lowest BCUT2D eigenvalue weighted by Gasteiger charge is -2.40. The molecule has 0 saturated heterocycles. The molecule has 85 heavy (non-hydrogen) atoms. The maximum atomic E-state index is 11.8. The Morgan fingerprint density at radius 1 is 0.282 bits per heavy atom. The molecule has 444 valence electrons. The van der Waals surface area contributed by atoms with Gasteiger partial charge in [0.05, 0.1) is 24.2 Å². The first-order valence-electron chi connectivity index (χ1n) is 25.7. The molecule has 25 heteroatoms. The van der Waals surface area contributed by atoms with Gasteiger partial charge in [0.2, 0.25) is 0 Å². The van der Waals surface area contributed by atoms with Gasteiger partial charge in [-0.15, -0.1) is 0 Å². The molecule has 12 rings (SSSR count). The van der Waals surface area contributed by atoms with Crippen molar-refractivity contribution in [3.05, 3.63) is 159 Å². The maximum Gasteiger partial charge on any atom is 0.200 e. The number of fused-ring (bicyclic) bond motifs is 4. The molecule has 0 unspecified atom stereocenters. The van der Waals surface area contributed by atoms with Crippen molar-refractivity contribution >= 4 is 0 Å². The van der Waals surface area contributed by atoms with Gasteiger partial charge in [-0.05, 0) is 65.2 Å². The number of hydrogen-bond donors (Lipinski definition) is 21. The minimum Gasteiger partial charge on any atom is -0.508 e. The predicted octanol–water partition coefficient (Wildman–Crippen LogP) is 5.79. The normalized spacial score (nSPS) is 21.6. The lowest BCUT2D eigenvalue weighted by atomic mass is 9.77. The van der Waals surface area contributed by atoms with Crippen molar-refractivity contribution in [2.75, 3.05) is 0 Å². The van der Waals surface area contributed by atoms with E-state index in [1.54, 1.807) is 0 Å². The van der Waals surface area contributed by atoms with Gasteiger partial charge in [-0.2, -0.15) is 0 Å². The van der Waals surface area contributed by atoms with E-state index in [-0.39, 0.29) is 116 Å². The average molecular weight is 1180 g/mol. The molecular formula is C60H54O25. The molecule has 8 aromatic rings. The van der Waals surface area contributed by atoms with Crippen LogP contribution in [0.4, 0.5) is 0 Å². The molecule has 0 spiro atoms. The zero-order valence-electron chi connectivity index (χ0n) is 43.7. The van der Waals surface area contributed by atoms with Crippen molar-refractivity contribution < 1.29 is 126 Å². The van der Waals surface area contributed by atoms with Crippen LogP contribution in [0.25, 0.3) is 0 Å². The van der Waals surface area contributed by atoms with Crippen LogP contribution in [-0.2, 0) is 19.3 Å². The van der Waals surface area contributed by atoms with Crippen molar-refractivity contribution in [1.29, 1.82) is 0 Å². The lowest BCUT2D eigenvalue weighted by molar-refractivity contribution is 0.00115. The number of phenolic OH excluding ortho intramolecular Hbond substituents is 17. The smallest absolute Gasteiger partial charge is 0.200 e. The Kier molecular flexibility index (Phi) is 15.1. The van der Waals surface area contributed by atoms with E-state index in [1.165, 1.54) is 78.9 Å². The fourth-order valence-corrected chi connectivity index (χ4v) is 10.7. The van der Waals surface area contributed by atoms with Crippen LogP contribution in [-0.4, -0.2) is 132 Å². The van der Waals surface area contributed by atoms with Gasteiger partial charge in [-0.25, -0.2) is 0 Å². The van der Waals surface area contributed by atoms with Crippen LogP contribution in [0.5, 0.6) is 121 Å². The van der Waals surface area contributed by atoms with E-state index in [2.05, 4.69) is 0 Å². The highest BCUT2D eigenvalue weighted by Gasteiger charge is 2.46. The monoisotopic (exact) mass is 1170 g/mol. The van der Waals surface area contributed by atoms with E-state index in [1.807, 2.05) is 0 Å². The first-order valence-corrected chi connectivity index (χ1v) is 25.7. The Morgan fingerprint density at radius 3 is 1.09 bits per heavy atom. The van der Waals surface area contributed by atoms with Crippen molar-refractivity contribution in [3.8, 4) is 121 Å². The van der Waals surface area contributed by atoms with Crippen molar-refractivity contribution in [1.82, 2.24) is 0 Å². The summed E-state index contributed by atoms with van der Waals surface area (Å²) in [5.74, 6) is -7.62. The molecule has 0 radical (unpaired) electrons. The molecule has 25 nitrogen and oxygen atoms in total. The van der Waals surface area contributed by atoms with Crippen LogP contribution in [0.1, 0.15) is 80.4 Å². The quantitative estimate of drug-likeness (QED) is 0.0906. The molecule has 9 atom stereocenters. The van der Waals surface area contributed by atoms with Crippen LogP contribution < -0.4 is 18.9 Å². The summed E-state index contributed by atoms with van der Waals surface area (Å²) >= 11 is 0. The molecule has 0 fully saturated rings. The third kappa shape index (κ3) is 11.0. The molecule has 8 aromatic carbocycles. The van der Waals surface area contributed by atoms with E-state index in [0.717, 1.165) is 30.3 Å². The highest BCUT2D eigenvalue weighted by molar-refractivity contribution is 5.66. The molecule has 0 amide bonds. The van der Waals surface area contributed by atoms with Gasteiger partial charge < -0.3 is 126 Å². The number of aliphatic hydroxyl groups is 4. The van der Waals surface area contributed by atoms with Crippen LogP contribution in [0, 0.1) is 0 Å². The molecule has 0 bridgehead atoms. The topological polar surface area (TPSA) is 462 Å². The SMILES string of the molecule is Oc1cc(O)c2c(c1)O[C@H](c1cc(O)c(O)c(O)c1)[C@@H](O)C2.Oc1cc(O)c2c(c1)O[C@H](c1ccc(O)c(O)c1)[C@H](O)C2.Oc1cc(O)c2c(c1)O[C@H](c1ccc(O)c(O)c1)[C@H](O)[C@H]2c1c(O)cc(O)c2c1O[C@H](c1ccc(O)c(O)c1)[C@H](O)C2. The predicted molar refractivity (Wildman–Crippen MR) is 290 cm³/mol. The Bertz CT molecular complexity index is 3880. The lowest BCUT2D eigenvalue weighted by Crippen LogP contribution is -2.36. The summed E-state index contributed by atoms with van der Waals surface area (Å²) in [6.45, 7) is 0. The molecule has 4 heterocycles. The number of ether oxygens (including phenoxy) is 4. The second-order valence-electron chi connectivity index (χ2n) is 20.5. The van der Waals surface area contributed by atoms with Crippen LogP contribution in [0.15, 0.2) is 109 Å². The minimum absolute atomic E-state index is 0.0312. The Morgan fingerprint density at radius 2 is 0.635 bits per heavy atom. The average Bonchev–Trinajstić information content (AvgIpc) is 1.46. The first kappa shape index (κ1) is 57.6. The summed E-state index contributed by atoms with van der Waals surface area (Å²) in [6.07, 6.45) is -8.92. The zero-order chi connectivity index (χ0) is 61.2. The van der Waals surface area contributed by atoms with E-state index >= 15 is 0 Å². The largest absolute Gasteiger partial charge is 0.508 e. The van der Waals surface area contributed by atoms with Crippen LogP contribution >= 0.6 is 0 Å². The van der Waals surface area contributed by atoms with Crippen molar-refractivity contribution in [2.45, 2.75) is 74.0 Å². The zero-order valence-corrected chi connectivity index (χ0v) is 43.7. The second-order valence-corrected chi connectivity index (χ2v) is 20.5. The summed E-state index contributed by atoms with van der Waals surface area (Å²) in [5.41, 5.74) is 1.93. The Hall–Kier alpha value is -10.6. The van der Waals surface area contributed by atoms with Gasteiger partial charge >= 0.3 is 0 Å². The number of aromatic hydroxyl groups is 17. The molecular weight excluding hydrogens is 1120 g/mol. The number of benzene rings is 8. The first-order chi connectivity index (χ1) is 40.3. The van der Waals surface area contributed by atoms with Gasteiger partial charge in [0.1, 0.15) is 87.3 Å². The molecule has 0 saturated carbocycles. The number of phenols is 17. The minimum atomic E-state index is -1.59. The van der Waals surface area contributed by atoms with Gasteiger partial charge in [0, 0.05) is 95.1 Å². The number of hydrogen-bond acceptors (Lipinski definition) is 25. The molecule has 0 aromatic heterocycles. The second kappa shape index (κ2) is 22.3. The fourth-order valence-electron chi connectivity index (χ4n) is 10.7. The highest BCUT2D eigenvalue weighted by Crippen LogP contribution is 2.58. The summed E-state index contributed by atoms with van der Waals surface area (Å²) in [5, 5.41) is 212. The van der Waals surface area contributed by atoms with Crippen LogP contribution in [0.2, 0.25) is 0 Å². The highest BCUT2D eigenvalue weighted by atomic mass is 16.5. The number of aliphatic hydroxyl groups excluding tert-OH is 4. The van der Waals surface area contributed by atoms with Gasteiger partial charge in [0.25, 0.3) is 0 Å².